The molecule has 74 valence electrons. The van der Waals surface area contributed by atoms with Gasteiger partial charge in [-0.15, -0.1) is 0 Å². The number of anilines is 1. The topological polar surface area (TPSA) is 35.2 Å². The summed E-state index contributed by atoms with van der Waals surface area (Å²) >= 11 is 5.69. The number of ether oxygens (including phenoxy) is 1. The molecule has 0 aliphatic carbocycles. The Kier molecular flexibility index (Phi) is 3.61. The van der Waals surface area contributed by atoms with Gasteiger partial charge in [0.1, 0.15) is 11.9 Å². The van der Waals surface area contributed by atoms with E-state index in [0.717, 1.165) is 6.07 Å². The molecule has 0 unspecified atom stereocenters. The van der Waals surface area contributed by atoms with Gasteiger partial charge in [-0.3, -0.25) is 0 Å². The van der Waals surface area contributed by atoms with Crippen LogP contribution in [0, 0.1) is 17.8 Å². The molecule has 0 atom stereocenters. The summed E-state index contributed by atoms with van der Waals surface area (Å²) in [5, 5.41) is 0.155. The second kappa shape index (κ2) is 4.73. The van der Waals surface area contributed by atoms with Crippen LogP contribution in [0.5, 0.6) is 5.75 Å². The Hall–Kier alpha value is -1.40. The van der Waals surface area contributed by atoms with Crippen molar-refractivity contribution in [2.24, 2.45) is 0 Å². The van der Waals surface area contributed by atoms with Crippen molar-refractivity contribution in [3.8, 4) is 17.8 Å². The van der Waals surface area contributed by atoms with Gasteiger partial charge in [-0.2, -0.15) is 0 Å². The minimum absolute atomic E-state index is 0.0114. The maximum atomic E-state index is 12.8. The Morgan fingerprint density at radius 1 is 1.57 bits per heavy atom. The summed E-state index contributed by atoms with van der Waals surface area (Å²) in [7, 11) is 0. The molecule has 14 heavy (non-hydrogen) atoms. The van der Waals surface area contributed by atoms with Crippen LogP contribution in [0.2, 0.25) is 5.02 Å². The molecular formula is C10H9ClFNO. The lowest BCUT2D eigenvalue weighted by atomic mass is 10.3. The van der Waals surface area contributed by atoms with E-state index < -0.39 is 5.82 Å². The summed E-state index contributed by atoms with van der Waals surface area (Å²) in [4.78, 5) is 0. The standard InChI is InChI=1S/C10H9ClFNO/c1-2-3-4-14-10-6-9(13)8(12)5-7(10)11/h5-6H,2,13H2,1H3. The Bertz CT molecular complexity index is 395. The fraction of sp³-hybridized carbons (Fsp3) is 0.200. The van der Waals surface area contributed by atoms with Gasteiger partial charge in [0.05, 0.1) is 10.7 Å². The highest BCUT2D eigenvalue weighted by atomic mass is 35.5. The highest BCUT2D eigenvalue weighted by Crippen LogP contribution is 2.28. The fourth-order valence-corrected chi connectivity index (χ4v) is 0.975. The predicted molar refractivity (Wildman–Crippen MR) is 54.5 cm³/mol. The molecule has 0 amide bonds. The van der Waals surface area contributed by atoms with E-state index in [-0.39, 0.29) is 16.5 Å². The van der Waals surface area contributed by atoms with Crippen molar-refractivity contribution in [3.63, 3.8) is 0 Å². The van der Waals surface area contributed by atoms with Crippen molar-refractivity contribution in [3.05, 3.63) is 23.0 Å². The van der Waals surface area contributed by atoms with E-state index in [1.165, 1.54) is 6.07 Å². The molecule has 4 heteroatoms. The molecule has 1 aromatic rings. The van der Waals surface area contributed by atoms with Crippen LogP contribution in [0.15, 0.2) is 12.1 Å². The molecular weight excluding hydrogens is 205 g/mol. The highest BCUT2D eigenvalue weighted by Gasteiger charge is 2.06. The van der Waals surface area contributed by atoms with Crippen LogP contribution in [-0.4, -0.2) is 0 Å². The van der Waals surface area contributed by atoms with E-state index in [9.17, 15) is 4.39 Å². The largest absolute Gasteiger partial charge is 0.406 e. The first-order valence-corrected chi connectivity index (χ1v) is 4.42. The van der Waals surface area contributed by atoms with Crippen molar-refractivity contribution in [2.75, 3.05) is 5.73 Å². The average molecular weight is 214 g/mol. The van der Waals surface area contributed by atoms with Gasteiger partial charge in [-0.05, 0) is 6.07 Å². The van der Waals surface area contributed by atoms with E-state index in [2.05, 4.69) is 12.0 Å². The van der Waals surface area contributed by atoms with Crippen LogP contribution < -0.4 is 10.5 Å². The molecule has 0 saturated heterocycles. The van der Waals surface area contributed by atoms with Crippen LogP contribution in [0.25, 0.3) is 0 Å². The molecule has 0 saturated carbocycles. The van der Waals surface area contributed by atoms with Crippen molar-refractivity contribution in [1.29, 1.82) is 0 Å². The Morgan fingerprint density at radius 3 is 2.93 bits per heavy atom. The molecule has 2 nitrogen and oxygen atoms in total. The van der Waals surface area contributed by atoms with Gasteiger partial charge >= 0.3 is 0 Å². The van der Waals surface area contributed by atoms with E-state index in [4.69, 9.17) is 22.1 Å². The minimum atomic E-state index is -0.564. The summed E-state index contributed by atoms with van der Waals surface area (Å²) in [6, 6.07) is 2.40. The molecule has 0 bridgehead atoms. The lowest BCUT2D eigenvalue weighted by Gasteiger charge is -2.02. The van der Waals surface area contributed by atoms with Crippen LogP contribution in [0.1, 0.15) is 13.3 Å². The first-order chi connectivity index (χ1) is 6.65. The third-order valence-corrected chi connectivity index (χ3v) is 1.76. The molecule has 0 radical (unpaired) electrons. The fourth-order valence-electron chi connectivity index (χ4n) is 0.786. The van der Waals surface area contributed by atoms with Gasteiger partial charge in [-0.1, -0.05) is 24.4 Å². The molecule has 0 fully saturated rings. The normalized spacial score (nSPS) is 9.07. The predicted octanol–water partition coefficient (Wildman–Crippen LogP) is 2.81. The second-order valence-corrected chi connectivity index (χ2v) is 2.95. The molecule has 2 N–H and O–H groups in total. The van der Waals surface area contributed by atoms with Crippen LogP contribution in [-0.2, 0) is 0 Å². The third-order valence-electron chi connectivity index (χ3n) is 1.46. The molecule has 1 rings (SSSR count). The number of rotatable bonds is 1. The molecule has 0 spiro atoms. The maximum absolute atomic E-state index is 12.8. The molecule has 0 aliphatic heterocycles. The average Bonchev–Trinajstić information content (AvgIpc) is 2.14. The number of benzene rings is 1. The number of halogens is 2. The van der Waals surface area contributed by atoms with Gasteiger partial charge in [-0.25, -0.2) is 4.39 Å². The van der Waals surface area contributed by atoms with Crippen molar-refractivity contribution >= 4 is 17.3 Å². The van der Waals surface area contributed by atoms with Gasteiger partial charge in [0.2, 0.25) is 0 Å². The van der Waals surface area contributed by atoms with E-state index in [0.29, 0.717) is 6.42 Å². The number of hydrogen-bond acceptors (Lipinski definition) is 2. The first kappa shape index (κ1) is 10.7. The third kappa shape index (κ3) is 2.54. The van der Waals surface area contributed by atoms with Gasteiger partial charge in [0, 0.05) is 12.5 Å². The Morgan fingerprint density at radius 2 is 2.29 bits per heavy atom. The summed E-state index contributed by atoms with van der Waals surface area (Å²) < 4.78 is 17.8. The molecule has 1 aromatic carbocycles. The quantitative estimate of drug-likeness (QED) is 0.575. The number of nitrogen functional groups attached to an aromatic ring is 1. The Balaban J connectivity index is 2.92. The van der Waals surface area contributed by atoms with E-state index in [1.807, 2.05) is 6.92 Å². The summed E-state index contributed by atoms with van der Waals surface area (Å²) in [6.45, 7) is 1.89. The Labute approximate surface area is 86.8 Å². The SMILES string of the molecule is CCC#COc1cc(N)c(F)cc1Cl. The van der Waals surface area contributed by atoms with Crippen LogP contribution >= 0.6 is 11.6 Å². The van der Waals surface area contributed by atoms with Crippen molar-refractivity contribution in [2.45, 2.75) is 13.3 Å². The number of nitrogens with two attached hydrogens (primary N) is 1. The zero-order valence-corrected chi connectivity index (χ0v) is 8.36. The van der Waals surface area contributed by atoms with Gasteiger partial charge < -0.3 is 10.5 Å². The zero-order valence-electron chi connectivity index (χ0n) is 7.60. The van der Waals surface area contributed by atoms with Crippen molar-refractivity contribution in [1.82, 2.24) is 0 Å². The summed E-state index contributed by atoms with van der Waals surface area (Å²) in [5.74, 6) is 2.40. The lowest BCUT2D eigenvalue weighted by Crippen LogP contribution is -1.93. The first-order valence-electron chi connectivity index (χ1n) is 4.04. The monoisotopic (exact) mass is 213 g/mol. The van der Waals surface area contributed by atoms with Gasteiger partial charge in [0.25, 0.3) is 0 Å². The smallest absolute Gasteiger partial charge is 0.161 e. The van der Waals surface area contributed by atoms with E-state index >= 15 is 0 Å². The van der Waals surface area contributed by atoms with E-state index in [1.54, 1.807) is 0 Å². The van der Waals surface area contributed by atoms with Crippen LogP contribution in [0.4, 0.5) is 10.1 Å². The maximum Gasteiger partial charge on any atom is 0.161 e. The lowest BCUT2D eigenvalue weighted by molar-refractivity contribution is 0.517. The van der Waals surface area contributed by atoms with Crippen LogP contribution in [0.3, 0.4) is 0 Å². The minimum Gasteiger partial charge on any atom is -0.406 e. The van der Waals surface area contributed by atoms with Crippen molar-refractivity contribution < 1.29 is 9.13 Å². The molecule has 0 heterocycles. The zero-order chi connectivity index (χ0) is 10.6. The van der Waals surface area contributed by atoms with Gasteiger partial charge in [0.15, 0.2) is 5.75 Å². The number of hydrogen-bond donors (Lipinski definition) is 1. The second-order valence-electron chi connectivity index (χ2n) is 2.54. The highest BCUT2D eigenvalue weighted by molar-refractivity contribution is 6.32. The summed E-state index contributed by atoms with van der Waals surface area (Å²) in [6.07, 6.45) is 3.10. The molecule has 0 aliphatic rings. The summed E-state index contributed by atoms with van der Waals surface area (Å²) in [5.41, 5.74) is 5.32. The molecule has 0 aromatic heterocycles.